The molecule has 2 atom stereocenters. The minimum atomic E-state index is 0.274. The van der Waals surface area contributed by atoms with Crippen LogP contribution in [0.15, 0.2) is 0 Å². The average molecular weight is 240 g/mol. The number of rotatable bonds is 2. The fraction of sp³-hybridized carbons (Fsp3) is 1.00. The minimum Gasteiger partial charge on any atom is -0.395 e. The predicted octanol–water partition coefficient (Wildman–Crippen LogP) is 1.75. The van der Waals surface area contributed by atoms with E-state index in [1.165, 1.54) is 44.9 Å². The standard InChI is InChI=1S/C14H28N2O/c1-12-8-9-15-13(11-17)10-16(12)14-6-4-2-3-5-7-14/h12-15,17H,2-11H2,1H3. The second kappa shape index (κ2) is 6.72. The fourth-order valence-corrected chi connectivity index (χ4v) is 3.38. The molecule has 3 heteroatoms. The van der Waals surface area contributed by atoms with Crippen LogP contribution >= 0.6 is 0 Å². The molecule has 0 aromatic rings. The lowest BCUT2D eigenvalue weighted by Crippen LogP contribution is -2.47. The van der Waals surface area contributed by atoms with E-state index in [0.29, 0.717) is 6.04 Å². The second-order valence-corrected chi connectivity index (χ2v) is 5.81. The normalized spacial score (nSPS) is 34.2. The van der Waals surface area contributed by atoms with Gasteiger partial charge in [0.05, 0.1) is 6.61 Å². The lowest BCUT2D eigenvalue weighted by Gasteiger charge is -2.36. The maximum atomic E-state index is 9.38. The topological polar surface area (TPSA) is 35.5 Å². The lowest BCUT2D eigenvalue weighted by molar-refractivity contribution is 0.113. The van der Waals surface area contributed by atoms with Gasteiger partial charge in [0.25, 0.3) is 0 Å². The van der Waals surface area contributed by atoms with E-state index >= 15 is 0 Å². The number of hydrogen-bond acceptors (Lipinski definition) is 3. The van der Waals surface area contributed by atoms with Crippen LogP contribution in [0.2, 0.25) is 0 Å². The molecule has 1 heterocycles. The maximum Gasteiger partial charge on any atom is 0.0597 e. The van der Waals surface area contributed by atoms with Crippen molar-refractivity contribution in [3.8, 4) is 0 Å². The Labute approximate surface area is 106 Å². The van der Waals surface area contributed by atoms with Gasteiger partial charge < -0.3 is 10.4 Å². The molecule has 0 bridgehead atoms. The molecule has 2 aliphatic rings. The average Bonchev–Trinajstić information content (AvgIpc) is 2.69. The van der Waals surface area contributed by atoms with Crippen molar-refractivity contribution in [3.05, 3.63) is 0 Å². The summed E-state index contributed by atoms with van der Waals surface area (Å²) in [5.74, 6) is 0. The van der Waals surface area contributed by atoms with Crippen LogP contribution in [-0.2, 0) is 0 Å². The highest BCUT2D eigenvalue weighted by molar-refractivity contribution is 4.86. The number of aliphatic hydroxyl groups excluding tert-OH is 1. The Hall–Kier alpha value is -0.120. The molecule has 1 aliphatic carbocycles. The van der Waals surface area contributed by atoms with Gasteiger partial charge in [0.1, 0.15) is 0 Å². The zero-order valence-electron chi connectivity index (χ0n) is 11.2. The van der Waals surface area contributed by atoms with Gasteiger partial charge in [-0.25, -0.2) is 0 Å². The number of aliphatic hydroxyl groups is 1. The zero-order valence-corrected chi connectivity index (χ0v) is 11.2. The zero-order chi connectivity index (χ0) is 12.1. The van der Waals surface area contributed by atoms with Crippen LogP contribution in [0, 0.1) is 0 Å². The van der Waals surface area contributed by atoms with Gasteiger partial charge in [-0.3, -0.25) is 4.90 Å². The van der Waals surface area contributed by atoms with Gasteiger partial charge in [-0.2, -0.15) is 0 Å². The first kappa shape index (κ1) is 13.3. The molecule has 0 spiro atoms. The summed E-state index contributed by atoms with van der Waals surface area (Å²) in [6.07, 6.45) is 9.56. The molecule has 0 amide bonds. The van der Waals surface area contributed by atoms with Gasteiger partial charge in [0.15, 0.2) is 0 Å². The predicted molar refractivity (Wildman–Crippen MR) is 71.2 cm³/mol. The van der Waals surface area contributed by atoms with E-state index in [-0.39, 0.29) is 12.6 Å². The van der Waals surface area contributed by atoms with Gasteiger partial charge in [0.2, 0.25) is 0 Å². The summed E-state index contributed by atoms with van der Waals surface area (Å²) >= 11 is 0. The summed E-state index contributed by atoms with van der Waals surface area (Å²) in [7, 11) is 0. The molecule has 1 saturated carbocycles. The molecule has 0 radical (unpaired) electrons. The molecule has 2 N–H and O–H groups in total. The number of nitrogens with one attached hydrogen (secondary N) is 1. The number of hydrogen-bond donors (Lipinski definition) is 2. The molecule has 0 aromatic heterocycles. The molecular formula is C14H28N2O. The van der Waals surface area contributed by atoms with Crippen LogP contribution < -0.4 is 5.32 Å². The first-order valence-corrected chi connectivity index (χ1v) is 7.41. The highest BCUT2D eigenvalue weighted by Gasteiger charge is 2.28. The van der Waals surface area contributed by atoms with Crippen molar-refractivity contribution in [3.63, 3.8) is 0 Å². The Morgan fingerprint density at radius 2 is 1.82 bits per heavy atom. The van der Waals surface area contributed by atoms with E-state index < -0.39 is 0 Å². The third-order valence-corrected chi connectivity index (χ3v) is 4.51. The van der Waals surface area contributed by atoms with E-state index in [4.69, 9.17) is 0 Å². The van der Waals surface area contributed by atoms with Gasteiger partial charge in [0, 0.05) is 24.7 Å². The van der Waals surface area contributed by atoms with Gasteiger partial charge in [-0.1, -0.05) is 25.7 Å². The Bertz CT molecular complexity index is 214. The van der Waals surface area contributed by atoms with Crippen LogP contribution in [0.5, 0.6) is 0 Å². The summed E-state index contributed by atoms with van der Waals surface area (Å²) in [5, 5.41) is 12.8. The summed E-state index contributed by atoms with van der Waals surface area (Å²) in [5.41, 5.74) is 0. The van der Waals surface area contributed by atoms with Crippen molar-refractivity contribution in [2.75, 3.05) is 19.7 Å². The quantitative estimate of drug-likeness (QED) is 0.722. The molecule has 2 unspecified atom stereocenters. The van der Waals surface area contributed by atoms with Crippen LogP contribution in [-0.4, -0.2) is 47.8 Å². The summed E-state index contributed by atoms with van der Waals surface area (Å²) < 4.78 is 0. The number of nitrogens with zero attached hydrogens (tertiary/aromatic N) is 1. The van der Waals surface area contributed by atoms with Crippen molar-refractivity contribution in [1.82, 2.24) is 10.2 Å². The Morgan fingerprint density at radius 3 is 2.47 bits per heavy atom. The Balaban J connectivity index is 1.98. The SMILES string of the molecule is CC1CCNC(CO)CN1C1CCCCCC1. The molecule has 1 aliphatic heterocycles. The van der Waals surface area contributed by atoms with Crippen molar-refractivity contribution in [2.45, 2.75) is 70.0 Å². The monoisotopic (exact) mass is 240 g/mol. The van der Waals surface area contributed by atoms with Crippen LogP contribution in [0.3, 0.4) is 0 Å². The Kier molecular flexibility index (Phi) is 5.26. The highest BCUT2D eigenvalue weighted by Crippen LogP contribution is 2.25. The molecular weight excluding hydrogens is 212 g/mol. The maximum absolute atomic E-state index is 9.38. The smallest absolute Gasteiger partial charge is 0.0597 e. The molecule has 2 rings (SSSR count). The van der Waals surface area contributed by atoms with E-state index in [1.54, 1.807) is 0 Å². The Morgan fingerprint density at radius 1 is 1.12 bits per heavy atom. The molecule has 2 fully saturated rings. The molecule has 100 valence electrons. The van der Waals surface area contributed by atoms with E-state index in [2.05, 4.69) is 17.1 Å². The third kappa shape index (κ3) is 3.67. The summed E-state index contributed by atoms with van der Waals surface area (Å²) in [6, 6.07) is 1.71. The first-order valence-electron chi connectivity index (χ1n) is 7.41. The molecule has 17 heavy (non-hydrogen) atoms. The van der Waals surface area contributed by atoms with Crippen LogP contribution in [0.4, 0.5) is 0 Å². The highest BCUT2D eigenvalue weighted by atomic mass is 16.3. The van der Waals surface area contributed by atoms with Gasteiger partial charge in [-0.05, 0) is 32.7 Å². The van der Waals surface area contributed by atoms with Crippen molar-refractivity contribution in [1.29, 1.82) is 0 Å². The van der Waals surface area contributed by atoms with Gasteiger partial charge >= 0.3 is 0 Å². The molecule has 1 saturated heterocycles. The van der Waals surface area contributed by atoms with E-state index in [9.17, 15) is 5.11 Å². The second-order valence-electron chi connectivity index (χ2n) is 5.81. The van der Waals surface area contributed by atoms with E-state index in [1.807, 2.05) is 0 Å². The van der Waals surface area contributed by atoms with Crippen molar-refractivity contribution < 1.29 is 5.11 Å². The molecule has 3 nitrogen and oxygen atoms in total. The minimum absolute atomic E-state index is 0.274. The third-order valence-electron chi connectivity index (χ3n) is 4.51. The summed E-state index contributed by atoms with van der Waals surface area (Å²) in [6.45, 7) is 4.71. The lowest BCUT2D eigenvalue weighted by atomic mass is 10.0. The van der Waals surface area contributed by atoms with Crippen molar-refractivity contribution >= 4 is 0 Å². The largest absolute Gasteiger partial charge is 0.395 e. The van der Waals surface area contributed by atoms with E-state index in [0.717, 1.165) is 19.1 Å². The fourth-order valence-electron chi connectivity index (χ4n) is 3.38. The van der Waals surface area contributed by atoms with Gasteiger partial charge in [-0.15, -0.1) is 0 Å². The van der Waals surface area contributed by atoms with Crippen LogP contribution in [0.25, 0.3) is 0 Å². The molecule has 0 aromatic carbocycles. The van der Waals surface area contributed by atoms with Crippen LogP contribution in [0.1, 0.15) is 51.9 Å². The summed E-state index contributed by atoms with van der Waals surface area (Å²) in [4.78, 5) is 2.67. The first-order chi connectivity index (χ1) is 8.31. The van der Waals surface area contributed by atoms with Crippen molar-refractivity contribution in [2.24, 2.45) is 0 Å².